The fourth-order valence-corrected chi connectivity index (χ4v) is 0.911. The molecule has 0 bridgehead atoms. The van der Waals surface area contributed by atoms with E-state index in [2.05, 4.69) is 4.98 Å². The molecule has 0 fully saturated rings. The molecule has 0 saturated heterocycles. The Morgan fingerprint density at radius 1 is 1.62 bits per heavy atom. The van der Waals surface area contributed by atoms with Crippen molar-refractivity contribution in [3.05, 3.63) is 35.7 Å². The van der Waals surface area contributed by atoms with Gasteiger partial charge in [-0.1, -0.05) is 18.2 Å². The summed E-state index contributed by atoms with van der Waals surface area (Å²) in [5, 5.41) is 17.2. The van der Waals surface area contributed by atoms with Gasteiger partial charge in [-0.05, 0) is 6.07 Å². The first kappa shape index (κ1) is 9.41. The Labute approximate surface area is 75.2 Å². The van der Waals surface area contributed by atoms with Crippen molar-refractivity contribution in [2.75, 3.05) is 6.61 Å². The maximum Gasteiger partial charge on any atom is 0.355 e. The van der Waals surface area contributed by atoms with Crippen LogP contribution in [0.15, 0.2) is 24.4 Å². The number of aromatic nitrogens is 1. The molecule has 0 saturated carbocycles. The van der Waals surface area contributed by atoms with Crippen LogP contribution in [0.25, 0.3) is 6.08 Å². The highest BCUT2D eigenvalue weighted by molar-refractivity contribution is 5.89. The molecule has 1 aromatic heterocycles. The van der Waals surface area contributed by atoms with Gasteiger partial charge in [-0.3, -0.25) is 0 Å². The molecule has 68 valence electrons. The van der Waals surface area contributed by atoms with Crippen molar-refractivity contribution in [1.82, 2.24) is 4.98 Å². The standard InChI is InChI=1S/C9H9NO3/c11-6-2-4-7-3-1-5-10-8(7)9(12)13/h1-5,11H,6H2,(H,12,13). The molecule has 13 heavy (non-hydrogen) atoms. The molecule has 1 heterocycles. The quantitative estimate of drug-likeness (QED) is 0.719. The maximum atomic E-state index is 10.6. The van der Waals surface area contributed by atoms with Crippen LogP contribution in [0.4, 0.5) is 0 Å². The van der Waals surface area contributed by atoms with Gasteiger partial charge in [-0.15, -0.1) is 0 Å². The van der Waals surface area contributed by atoms with E-state index in [1.807, 2.05) is 0 Å². The van der Waals surface area contributed by atoms with E-state index in [0.29, 0.717) is 5.56 Å². The molecule has 1 rings (SSSR count). The minimum atomic E-state index is -1.07. The average molecular weight is 179 g/mol. The summed E-state index contributed by atoms with van der Waals surface area (Å²) in [6.07, 6.45) is 4.40. The number of aliphatic hydroxyl groups is 1. The zero-order chi connectivity index (χ0) is 9.68. The highest BCUT2D eigenvalue weighted by Gasteiger charge is 2.07. The van der Waals surface area contributed by atoms with Gasteiger partial charge in [0.2, 0.25) is 0 Å². The molecule has 0 atom stereocenters. The number of carboxylic acid groups (broad SMARTS) is 1. The average Bonchev–Trinajstić information content (AvgIpc) is 2.15. The summed E-state index contributed by atoms with van der Waals surface area (Å²) >= 11 is 0. The second kappa shape index (κ2) is 4.37. The molecule has 0 aromatic carbocycles. The predicted molar refractivity (Wildman–Crippen MR) is 47.3 cm³/mol. The van der Waals surface area contributed by atoms with E-state index in [1.54, 1.807) is 12.1 Å². The van der Waals surface area contributed by atoms with Crippen molar-refractivity contribution < 1.29 is 15.0 Å². The highest BCUT2D eigenvalue weighted by Crippen LogP contribution is 2.06. The van der Waals surface area contributed by atoms with Crippen molar-refractivity contribution >= 4 is 12.0 Å². The first-order valence-electron chi connectivity index (χ1n) is 3.71. The first-order chi connectivity index (χ1) is 6.25. The van der Waals surface area contributed by atoms with E-state index in [-0.39, 0.29) is 12.3 Å². The van der Waals surface area contributed by atoms with Crippen LogP contribution < -0.4 is 0 Å². The Hall–Kier alpha value is -1.68. The molecule has 4 nitrogen and oxygen atoms in total. The molecule has 0 aliphatic rings. The monoisotopic (exact) mass is 179 g/mol. The molecule has 0 aliphatic carbocycles. The third-order valence-electron chi connectivity index (χ3n) is 1.44. The lowest BCUT2D eigenvalue weighted by molar-refractivity contribution is 0.0690. The predicted octanol–water partition coefficient (Wildman–Crippen LogP) is 0.785. The Morgan fingerprint density at radius 3 is 3.00 bits per heavy atom. The smallest absolute Gasteiger partial charge is 0.355 e. The van der Waals surface area contributed by atoms with Gasteiger partial charge in [0.05, 0.1) is 6.61 Å². The Morgan fingerprint density at radius 2 is 2.38 bits per heavy atom. The van der Waals surface area contributed by atoms with Crippen molar-refractivity contribution in [3.8, 4) is 0 Å². The van der Waals surface area contributed by atoms with Gasteiger partial charge >= 0.3 is 5.97 Å². The summed E-state index contributed by atoms with van der Waals surface area (Å²) in [5.41, 5.74) is 0.483. The fourth-order valence-electron chi connectivity index (χ4n) is 0.911. The van der Waals surface area contributed by atoms with E-state index < -0.39 is 5.97 Å². The van der Waals surface area contributed by atoms with Gasteiger partial charge in [-0.25, -0.2) is 9.78 Å². The third-order valence-corrected chi connectivity index (χ3v) is 1.44. The third kappa shape index (κ3) is 2.38. The summed E-state index contributed by atoms with van der Waals surface area (Å²) in [5.74, 6) is -1.07. The van der Waals surface area contributed by atoms with E-state index in [0.717, 1.165) is 0 Å². The molecule has 0 aliphatic heterocycles. The van der Waals surface area contributed by atoms with Gasteiger partial charge in [-0.2, -0.15) is 0 Å². The molecule has 2 N–H and O–H groups in total. The lowest BCUT2D eigenvalue weighted by Crippen LogP contribution is -2.02. The number of rotatable bonds is 3. The van der Waals surface area contributed by atoms with Crippen LogP contribution >= 0.6 is 0 Å². The molecule has 0 amide bonds. The van der Waals surface area contributed by atoms with Crippen LogP contribution in [-0.2, 0) is 0 Å². The molecular weight excluding hydrogens is 170 g/mol. The molecule has 0 spiro atoms. The number of aliphatic hydroxyl groups excluding tert-OH is 1. The van der Waals surface area contributed by atoms with Crippen molar-refractivity contribution in [2.24, 2.45) is 0 Å². The molecule has 1 aromatic rings. The van der Waals surface area contributed by atoms with Crippen molar-refractivity contribution in [3.63, 3.8) is 0 Å². The van der Waals surface area contributed by atoms with Gasteiger partial charge < -0.3 is 10.2 Å². The van der Waals surface area contributed by atoms with Crippen LogP contribution in [0.5, 0.6) is 0 Å². The minimum absolute atomic E-state index is 0.00722. The summed E-state index contributed by atoms with van der Waals surface area (Å²) < 4.78 is 0. The largest absolute Gasteiger partial charge is 0.476 e. The van der Waals surface area contributed by atoms with Crippen LogP contribution in [0.1, 0.15) is 16.1 Å². The van der Waals surface area contributed by atoms with Gasteiger partial charge in [0.1, 0.15) is 0 Å². The number of pyridine rings is 1. The Kier molecular flexibility index (Phi) is 3.16. The van der Waals surface area contributed by atoms with Crippen LogP contribution in [0.2, 0.25) is 0 Å². The number of hydrogen-bond donors (Lipinski definition) is 2. The molecular formula is C9H9NO3. The van der Waals surface area contributed by atoms with Crippen molar-refractivity contribution in [1.29, 1.82) is 0 Å². The van der Waals surface area contributed by atoms with E-state index >= 15 is 0 Å². The number of carboxylic acids is 1. The molecule has 4 heteroatoms. The molecule has 0 radical (unpaired) electrons. The first-order valence-corrected chi connectivity index (χ1v) is 3.71. The van der Waals surface area contributed by atoms with Crippen LogP contribution in [0, 0.1) is 0 Å². The Balaban J connectivity index is 3.05. The summed E-state index contributed by atoms with van der Waals surface area (Å²) in [6, 6.07) is 3.27. The van der Waals surface area contributed by atoms with Gasteiger partial charge in [0.15, 0.2) is 5.69 Å². The molecule has 0 unspecified atom stereocenters. The SMILES string of the molecule is O=C(O)c1ncccc1C=CCO. The van der Waals surface area contributed by atoms with E-state index in [4.69, 9.17) is 10.2 Å². The zero-order valence-electron chi connectivity index (χ0n) is 6.84. The topological polar surface area (TPSA) is 70.4 Å². The Bertz CT molecular complexity index is 333. The highest BCUT2D eigenvalue weighted by atomic mass is 16.4. The summed E-state index contributed by atoms with van der Waals surface area (Å²) in [7, 11) is 0. The summed E-state index contributed by atoms with van der Waals surface area (Å²) in [6.45, 7) is -0.117. The summed E-state index contributed by atoms with van der Waals surface area (Å²) in [4.78, 5) is 14.3. The van der Waals surface area contributed by atoms with Gasteiger partial charge in [0, 0.05) is 11.8 Å². The van der Waals surface area contributed by atoms with Crippen LogP contribution in [-0.4, -0.2) is 27.8 Å². The minimum Gasteiger partial charge on any atom is -0.476 e. The lowest BCUT2D eigenvalue weighted by Gasteiger charge is -1.97. The maximum absolute atomic E-state index is 10.6. The second-order valence-electron chi connectivity index (χ2n) is 2.33. The van der Waals surface area contributed by atoms with E-state index in [1.165, 1.54) is 18.3 Å². The lowest BCUT2D eigenvalue weighted by atomic mass is 10.2. The van der Waals surface area contributed by atoms with Crippen LogP contribution in [0.3, 0.4) is 0 Å². The number of hydrogen-bond acceptors (Lipinski definition) is 3. The fraction of sp³-hybridized carbons (Fsp3) is 0.111. The van der Waals surface area contributed by atoms with Gasteiger partial charge in [0.25, 0.3) is 0 Å². The van der Waals surface area contributed by atoms with E-state index in [9.17, 15) is 4.79 Å². The van der Waals surface area contributed by atoms with Crippen molar-refractivity contribution in [2.45, 2.75) is 0 Å². The number of carbonyl (C=O) groups is 1. The number of aromatic carboxylic acids is 1. The second-order valence-corrected chi connectivity index (χ2v) is 2.33. The zero-order valence-corrected chi connectivity index (χ0v) is 6.84. The normalized spacial score (nSPS) is 10.5. The number of nitrogens with zero attached hydrogens (tertiary/aromatic N) is 1.